The number of hydrogen-bond donors (Lipinski definition) is 1. The fraction of sp³-hybridized carbons (Fsp3) is 0.444. The zero-order valence-corrected chi connectivity index (χ0v) is 16.5. The van der Waals surface area contributed by atoms with Crippen LogP contribution in [0.4, 0.5) is 4.39 Å². The van der Waals surface area contributed by atoms with Gasteiger partial charge in [0, 0.05) is 31.0 Å². The highest BCUT2D eigenvalue weighted by molar-refractivity contribution is 7.92. The van der Waals surface area contributed by atoms with Crippen LogP contribution in [0, 0.1) is 19.7 Å². The Bertz CT molecular complexity index is 1110. The van der Waals surface area contributed by atoms with Crippen molar-refractivity contribution in [2.75, 3.05) is 7.11 Å². The van der Waals surface area contributed by atoms with E-state index in [1.54, 1.807) is 13.8 Å². The van der Waals surface area contributed by atoms with E-state index in [-0.39, 0.29) is 23.1 Å². The molecule has 2 aromatic rings. The number of nitrogens with one attached hydrogen (secondary N) is 1. The fourth-order valence-electron chi connectivity index (χ4n) is 3.71. The predicted octanol–water partition coefficient (Wildman–Crippen LogP) is 1.95. The molecule has 0 bridgehead atoms. The van der Waals surface area contributed by atoms with Crippen LogP contribution in [0.1, 0.15) is 52.2 Å². The molecule has 0 amide bonds. The number of aromatic amines is 1. The molecule has 1 N–H and O–H groups in total. The third-order valence-corrected chi connectivity index (χ3v) is 7.44. The van der Waals surface area contributed by atoms with Crippen LogP contribution in [0.3, 0.4) is 0 Å². The zero-order chi connectivity index (χ0) is 20.3. The van der Waals surface area contributed by atoms with Gasteiger partial charge < -0.3 is 4.74 Å². The van der Waals surface area contributed by atoms with Gasteiger partial charge in [0.25, 0.3) is 5.56 Å². The molecule has 0 radical (unpaired) electrons. The Morgan fingerprint density at radius 2 is 2.00 bits per heavy atom. The van der Waals surface area contributed by atoms with Crippen LogP contribution in [0.25, 0.3) is 0 Å². The number of hydrogen-bond acceptors (Lipinski definition) is 5. The van der Waals surface area contributed by atoms with E-state index in [0.717, 1.165) is 10.7 Å². The molecule has 1 aliphatic rings. The number of aromatic nitrogens is 2. The van der Waals surface area contributed by atoms with Crippen LogP contribution in [0.15, 0.2) is 15.8 Å². The lowest BCUT2D eigenvalue weighted by Crippen LogP contribution is -2.31. The van der Waals surface area contributed by atoms with Gasteiger partial charge in [0.05, 0.1) is 11.4 Å². The summed E-state index contributed by atoms with van der Waals surface area (Å²) in [5.74, 6) is -1.66. The van der Waals surface area contributed by atoms with Crippen molar-refractivity contribution in [2.24, 2.45) is 7.05 Å². The summed E-state index contributed by atoms with van der Waals surface area (Å²) in [5.41, 5.74) is 0.151. The topological polar surface area (TPSA) is 98.2 Å². The van der Waals surface area contributed by atoms with E-state index in [1.165, 1.54) is 21.1 Å². The number of halogens is 1. The third-order valence-electron chi connectivity index (χ3n) is 5.21. The first-order valence-electron chi connectivity index (χ1n) is 8.42. The Balaban J connectivity index is 2.32. The summed E-state index contributed by atoms with van der Waals surface area (Å²) in [6, 6.07) is 0.907. The van der Waals surface area contributed by atoms with Crippen LogP contribution in [0.5, 0.6) is 0 Å². The summed E-state index contributed by atoms with van der Waals surface area (Å²) in [4.78, 5) is 24.8. The number of benzene rings is 1. The molecule has 1 aliphatic heterocycles. The van der Waals surface area contributed by atoms with Crippen molar-refractivity contribution in [1.29, 1.82) is 0 Å². The molecule has 0 aliphatic carbocycles. The van der Waals surface area contributed by atoms with Crippen molar-refractivity contribution in [2.45, 2.75) is 43.4 Å². The van der Waals surface area contributed by atoms with Crippen molar-refractivity contribution in [3.63, 3.8) is 0 Å². The number of rotatable bonds is 3. The molecule has 3 rings (SSSR count). The second-order valence-corrected chi connectivity index (χ2v) is 9.20. The zero-order valence-electron chi connectivity index (χ0n) is 15.7. The van der Waals surface area contributed by atoms with E-state index < -0.39 is 43.2 Å². The number of sulfone groups is 1. The van der Waals surface area contributed by atoms with Gasteiger partial charge >= 0.3 is 0 Å². The number of carbonyl (C=O) groups is 1. The monoisotopic (exact) mass is 396 g/mol. The average Bonchev–Trinajstić information content (AvgIpc) is 2.84. The highest BCUT2D eigenvalue weighted by Gasteiger charge is 2.41. The SMILES string of the molecule is COC1CC(C)S(=O)(=O)c2c(F)cc(C(=O)c3c(C)[nH]n(C)c3=O)c(C)c21. The van der Waals surface area contributed by atoms with Gasteiger partial charge in [0.2, 0.25) is 5.78 Å². The lowest BCUT2D eigenvalue weighted by atomic mass is 9.91. The van der Waals surface area contributed by atoms with E-state index >= 15 is 0 Å². The summed E-state index contributed by atoms with van der Waals surface area (Å²) in [5, 5.41) is 1.93. The number of ether oxygens (including phenoxy) is 1. The highest BCUT2D eigenvalue weighted by atomic mass is 32.2. The van der Waals surface area contributed by atoms with Gasteiger partial charge in [-0.25, -0.2) is 12.8 Å². The van der Waals surface area contributed by atoms with E-state index in [0.29, 0.717) is 11.3 Å². The maximum atomic E-state index is 14.9. The molecule has 7 nitrogen and oxygen atoms in total. The van der Waals surface area contributed by atoms with Crippen molar-refractivity contribution < 1.29 is 22.3 Å². The van der Waals surface area contributed by atoms with Crippen molar-refractivity contribution in [1.82, 2.24) is 9.78 Å². The molecule has 9 heteroatoms. The minimum Gasteiger partial charge on any atom is -0.377 e. The van der Waals surface area contributed by atoms with Gasteiger partial charge in [-0.3, -0.25) is 19.4 Å². The standard InChI is InChI=1S/C18H21FN2O5S/c1-8-6-13(26-5)14-9(2)11(7-12(19)17(14)27(8,24)25)16(22)15-10(3)20-21(4)18(15)23/h7-8,13,20H,6H2,1-5H3. The lowest BCUT2D eigenvalue weighted by Gasteiger charge is -2.31. The van der Waals surface area contributed by atoms with Gasteiger partial charge in [-0.15, -0.1) is 0 Å². The fourth-order valence-corrected chi connectivity index (χ4v) is 5.46. The molecular formula is C18H21FN2O5S. The first-order chi connectivity index (χ1) is 12.5. The summed E-state index contributed by atoms with van der Waals surface area (Å²) < 4.78 is 46.8. The van der Waals surface area contributed by atoms with Crippen LogP contribution < -0.4 is 5.56 Å². The lowest BCUT2D eigenvalue weighted by molar-refractivity contribution is 0.0891. The predicted molar refractivity (Wildman–Crippen MR) is 96.4 cm³/mol. The first-order valence-corrected chi connectivity index (χ1v) is 9.96. The molecule has 0 saturated heterocycles. The molecule has 0 spiro atoms. The molecule has 27 heavy (non-hydrogen) atoms. The van der Waals surface area contributed by atoms with Gasteiger partial charge in [0.1, 0.15) is 16.3 Å². The number of carbonyl (C=O) groups excluding carboxylic acids is 1. The Hall–Kier alpha value is -2.26. The van der Waals surface area contributed by atoms with Gasteiger partial charge in [-0.2, -0.15) is 0 Å². The highest BCUT2D eigenvalue weighted by Crippen LogP contribution is 2.42. The summed E-state index contributed by atoms with van der Waals surface area (Å²) in [7, 11) is -0.987. The van der Waals surface area contributed by atoms with Crippen molar-refractivity contribution >= 4 is 15.6 Å². The first kappa shape index (κ1) is 19.5. The third kappa shape index (κ3) is 2.76. The molecule has 1 aromatic heterocycles. The number of methoxy groups -OCH3 is 1. The average molecular weight is 396 g/mol. The minimum atomic E-state index is -3.87. The largest absolute Gasteiger partial charge is 0.377 e. The molecule has 1 aromatic carbocycles. The van der Waals surface area contributed by atoms with Crippen LogP contribution >= 0.6 is 0 Å². The van der Waals surface area contributed by atoms with Crippen molar-refractivity contribution in [3.05, 3.63) is 50.2 Å². The second-order valence-electron chi connectivity index (χ2n) is 6.89. The minimum absolute atomic E-state index is 0.0437. The van der Waals surface area contributed by atoms with Gasteiger partial charge in [0.15, 0.2) is 9.84 Å². The van der Waals surface area contributed by atoms with E-state index in [4.69, 9.17) is 4.74 Å². The smallest absolute Gasteiger partial charge is 0.277 e. The Morgan fingerprint density at radius 3 is 2.52 bits per heavy atom. The quantitative estimate of drug-likeness (QED) is 0.800. The number of fused-ring (bicyclic) bond motifs is 1. The second kappa shape index (κ2) is 6.42. The number of H-pyrrole nitrogens is 1. The Morgan fingerprint density at radius 1 is 1.37 bits per heavy atom. The number of aryl methyl sites for hydroxylation is 2. The maximum absolute atomic E-state index is 14.9. The number of ketones is 1. The summed E-state index contributed by atoms with van der Waals surface area (Å²) in [6.07, 6.45) is -0.495. The van der Waals surface area contributed by atoms with E-state index in [1.807, 2.05) is 0 Å². The van der Waals surface area contributed by atoms with Gasteiger partial charge in [-0.1, -0.05) is 0 Å². The van der Waals surface area contributed by atoms with E-state index in [9.17, 15) is 22.4 Å². The molecule has 146 valence electrons. The van der Waals surface area contributed by atoms with Gasteiger partial charge in [-0.05, 0) is 38.8 Å². The number of nitrogens with zero attached hydrogens (tertiary/aromatic N) is 1. The molecule has 0 saturated carbocycles. The summed E-state index contributed by atoms with van der Waals surface area (Å²) in [6.45, 7) is 4.63. The normalized spacial score (nSPS) is 21.1. The Kier molecular flexibility index (Phi) is 4.63. The maximum Gasteiger partial charge on any atom is 0.277 e. The Labute approximate surface area is 156 Å². The van der Waals surface area contributed by atoms with Crippen LogP contribution in [0.2, 0.25) is 0 Å². The van der Waals surface area contributed by atoms with Crippen molar-refractivity contribution in [3.8, 4) is 0 Å². The summed E-state index contributed by atoms with van der Waals surface area (Å²) >= 11 is 0. The molecular weight excluding hydrogens is 375 g/mol. The van der Waals surface area contributed by atoms with Crippen LogP contribution in [-0.2, 0) is 21.6 Å². The van der Waals surface area contributed by atoms with Crippen LogP contribution in [-0.4, -0.2) is 36.3 Å². The molecule has 2 atom stereocenters. The molecule has 2 heterocycles. The molecule has 2 unspecified atom stereocenters. The van der Waals surface area contributed by atoms with E-state index in [2.05, 4.69) is 5.10 Å². The molecule has 0 fully saturated rings.